The van der Waals surface area contributed by atoms with Crippen molar-refractivity contribution in [1.29, 1.82) is 0 Å². The summed E-state index contributed by atoms with van der Waals surface area (Å²) in [6.45, 7) is 2.18. The number of aliphatic hydroxyl groups is 1. The van der Waals surface area contributed by atoms with Crippen LogP contribution >= 0.6 is 0 Å². The quantitative estimate of drug-likeness (QED) is 0.857. The van der Waals surface area contributed by atoms with Gasteiger partial charge in [0.25, 0.3) is 0 Å². The zero-order chi connectivity index (χ0) is 17.7. The number of hydrogen-bond acceptors (Lipinski definition) is 4. The van der Waals surface area contributed by atoms with E-state index in [1.165, 1.54) is 24.0 Å². The summed E-state index contributed by atoms with van der Waals surface area (Å²) >= 11 is 0. The van der Waals surface area contributed by atoms with Crippen LogP contribution in [0.25, 0.3) is 0 Å². The summed E-state index contributed by atoms with van der Waals surface area (Å²) < 4.78 is 0. The molecule has 138 valence electrons. The van der Waals surface area contributed by atoms with Gasteiger partial charge in [-0.3, -0.25) is 9.69 Å². The van der Waals surface area contributed by atoms with Gasteiger partial charge in [-0.25, -0.2) is 0 Å². The van der Waals surface area contributed by atoms with Gasteiger partial charge in [-0.15, -0.1) is 0 Å². The number of carbonyl (C=O) groups excluding carboxylic acids is 1. The number of aromatic hydroxyl groups is 1. The van der Waals surface area contributed by atoms with Crippen molar-refractivity contribution in [2.45, 2.75) is 62.5 Å². The van der Waals surface area contributed by atoms with Crippen molar-refractivity contribution < 1.29 is 15.0 Å². The van der Waals surface area contributed by atoms with Crippen LogP contribution in [0.4, 0.5) is 0 Å². The summed E-state index contributed by atoms with van der Waals surface area (Å²) in [5.74, 6) is 1.23. The van der Waals surface area contributed by atoms with Gasteiger partial charge in [0.1, 0.15) is 11.5 Å². The summed E-state index contributed by atoms with van der Waals surface area (Å²) in [7, 11) is 0. The number of rotatable bonds is 2. The summed E-state index contributed by atoms with van der Waals surface area (Å²) in [4.78, 5) is 15.6. The van der Waals surface area contributed by atoms with E-state index >= 15 is 0 Å². The molecule has 0 radical (unpaired) electrons. The fraction of sp³-hybridized carbons (Fsp3) is 0.682. The van der Waals surface area contributed by atoms with Gasteiger partial charge in [0.05, 0.1) is 6.10 Å². The fourth-order valence-electron chi connectivity index (χ4n) is 7.27. The van der Waals surface area contributed by atoms with Crippen LogP contribution < -0.4 is 0 Å². The van der Waals surface area contributed by atoms with E-state index in [1.807, 2.05) is 6.07 Å². The van der Waals surface area contributed by atoms with Gasteiger partial charge in [-0.2, -0.15) is 0 Å². The number of benzene rings is 1. The number of Topliss-reactive ketones (excluding diaryl/α,β-unsaturated/α-hetero) is 1. The lowest BCUT2D eigenvalue weighted by Crippen LogP contribution is -2.70. The average Bonchev–Trinajstić information content (AvgIpc) is 3.38. The molecule has 1 aromatic carbocycles. The Hall–Kier alpha value is -1.39. The van der Waals surface area contributed by atoms with Crippen molar-refractivity contribution in [2.75, 3.05) is 13.1 Å². The van der Waals surface area contributed by atoms with E-state index in [-0.39, 0.29) is 22.5 Å². The standard InChI is InChI=1S/C22H27NO3/c24-15-4-3-14-9-22-10-16-18(25)8-20(22)23(12-13-1-2-13)6-5-21(22,11-19(16)26)17(14)7-15/h3-4,7,13,16,18,20,24-25H,1-2,5-6,8-12H2/t16-,18+,20-,21-,22-/m1/s1. The number of phenolic OH excluding ortho intramolecular Hbond substituents is 1. The summed E-state index contributed by atoms with van der Waals surface area (Å²) in [5.41, 5.74) is 2.50. The molecule has 3 saturated carbocycles. The molecular weight excluding hydrogens is 326 g/mol. The van der Waals surface area contributed by atoms with Crippen LogP contribution in [0.15, 0.2) is 18.2 Å². The maximum absolute atomic E-state index is 13.0. The van der Waals surface area contributed by atoms with Gasteiger partial charge >= 0.3 is 0 Å². The van der Waals surface area contributed by atoms with Crippen LogP contribution in [0.1, 0.15) is 49.7 Å². The molecule has 26 heavy (non-hydrogen) atoms. The minimum atomic E-state index is -0.479. The lowest BCUT2D eigenvalue weighted by atomic mass is 9.44. The van der Waals surface area contributed by atoms with Gasteiger partial charge in [-0.05, 0) is 74.2 Å². The first-order chi connectivity index (χ1) is 12.5. The molecule has 4 fully saturated rings. The molecular formula is C22H27NO3. The van der Waals surface area contributed by atoms with E-state index < -0.39 is 6.10 Å². The third kappa shape index (κ3) is 1.80. The molecule has 4 aliphatic carbocycles. The highest BCUT2D eigenvalue weighted by Crippen LogP contribution is 2.68. The Morgan fingerprint density at radius 2 is 2.08 bits per heavy atom. The maximum atomic E-state index is 13.0. The zero-order valence-corrected chi connectivity index (χ0v) is 15.2. The Bertz CT molecular complexity index is 803. The van der Waals surface area contributed by atoms with Crippen molar-refractivity contribution in [3.63, 3.8) is 0 Å². The topological polar surface area (TPSA) is 60.8 Å². The molecule has 0 aromatic heterocycles. The van der Waals surface area contributed by atoms with Crippen LogP contribution in [-0.2, 0) is 16.6 Å². The summed E-state index contributed by atoms with van der Waals surface area (Å²) in [5, 5.41) is 20.9. The molecule has 5 aliphatic rings. The SMILES string of the molecule is O=C1C[C@@]23CCN(CC4CC4)[C@@H]4C[C@H](O)[C@H]1C[C@]42Cc1ccc(O)cc13. The monoisotopic (exact) mass is 353 g/mol. The average molecular weight is 353 g/mol. The number of ketones is 1. The van der Waals surface area contributed by atoms with Gasteiger partial charge in [0.15, 0.2) is 0 Å². The summed E-state index contributed by atoms with van der Waals surface area (Å²) in [6.07, 6.45) is 6.36. The van der Waals surface area contributed by atoms with Gasteiger partial charge in [0.2, 0.25) is 0 Å². The smallest absolute Gasteiger partial charge is 0.139 e. The molecule has 6 rings (SSSR count). The minimum Gasteiger partial charge on any atom is -0.508 e. The molecule has 4 nitrogen and oxygen atoms in total. The van der Waals surface area contributed by atoms with E-state index in [4.69, 9.17) is 0 Å². The zero-order valence-electron chi connectivity index (χ0n) is 15.2. The molecule has 1 saturated heterocycles. The molecule has 1 spiro atoms. The number of fused-ring (bicyclic) bond motifs is 2. The second-order valence-electron chi connectivity index (χ2n) is 9.72. The lowest BCUT2D eigenvalue weighted by Gasteiger charge is -2.65. The third-order valence-electron chi connectivity index (χ3n) is 8.57. The lowest BCUT2D eigenvalue weighted by molar-refractivity contribution is -0.169. The fourth-order valence-corrected chi connectivity index (χ4v) is 7.27. The second kappa shape index (κ2) is 4.90. The number of phenols is 1. The Morgan fingerprint density at radius 3 is 2.88 bits per heavy atom. The first kappa shape index (κ1) is 15.6. The second-order valence-corrected chi connectivity index (χ2v) is 9.72. The predicted molar refractivity (Wildman–Crippen MR) is 97.0 cm³/mol. The van der Waals surface area contributed by atoms with E-state index in [1.54, 1.807) is 6.07 Å². The normalized spacial score (nSPS) is 43.9. The highest BCUT2D eigenvalue weighted by Gasteiger charge is 2.70. The van der Waals surface area contributed by atoms with E-state index in [0.29, 0.717) is 18.2 Å². The van der Waals surface area contributed by atoms with E-state index in [2.05, 4.69) is 11.0 Å². The molecule has 4 heteroatoms. The Kier molecular flexibility index (Phi) is 2.95. The molecule has 1 heterocycles. The van der Waals surface area contributed by atoms with Crippen molar-refractivity contribution in [3.05, 3.63) is 29.3 Å². The van der Waals surface area contributed by atoms with Gasteiger partial charge in [-0.1, -0.05) is 6.07 Å². The minimum absolute atomic E-state index is 0.0636. The van der Waals surface area contributed by atoms with Gasteiger partial charge < -0.3 is 10.2 Å². The van der Waals surface area contributed by atoms with Crippen LogP contribution in [0.2, 0.25) is 0 Å². The molecule has 1 aromatic rings. The molecule has 0 amide bonds. The third-order valence-corrected chi connectivity index (χ3v) is 8.57. The van der Waals surface area contributed by atoms with Crippen molar-refractivity contribution in [2.24, 2.45) is 17.3 Å². The molecule has 0 unspecified atom stereocenters. The Balaban J connectivity index is 1.52. The first-order valence-electron chi connectivity index (χ1n) is 10.3. The van der Waals surface area contributed by atoms with E-state index in [0.717, 1.165) is 44.7 Å². The highest BCUT2D eigenvalue weighted by atomic mass is 16.3. The van der Waals surface area contributed by atoms with Gasteiger partial charge in [0, 0.05) is 35.8 Å². The number of piperidine rings is 1. The predicted octanol–water partition coefficient (Wildman–Crippen LogP) is 2.40. The number of nitrogens with zero attached hydrogens (tertiary/aromatic N) is 1. The first-order valence-corrected chi connectivity index (χ1v) is 10.3. The molecule has 1 aliphatic heterocycles. The number of hydrogen-bond donors (Lipinski definition) is 2. The summed E-state index contributed by atoms with van der Waals surface area (Å²) in [6, 6.07) is 6.19. The number of likely N-dealkylation sites (tertiary alicyclic amines) is 1. The molecule has 2 bridgehead atoms. The van der Waals surface area contributed by atoms with E-state index in [9.17, 15) is 15.0 Å². The molecule has 2 N–H and O–H groups in total. The number of carbonyl (C=O) groups is 1. The van der Waals surface area contributed by atoms with Crippen LogP contribution in [0.5, 0.6) is 5.75 Å². The Morgan fingerprint density at radius 1 is 1.23 bits per heavy atom. The van der Waals surface area contributed by atoms with Crippen molar-refractivity contribution in [1.82, 2.24) is 4.90 Å². The van der Waals surface area contributed by atoms with Crippen LogP contribution in [-0.4, -0.2) is 46.1 Å². The Labute approximate surface area is 154 Å². The highest BCUT2D eigenvalue weighted by molar-refractivity contribution is 5.86. The molecule has 5 atom stereocenters. The van der Waals surface area contributed by atoms with Crippen molar-refractivity contribution in [3.8, 4) is 5.75 Å². The van der Waals surface area contributed by atoms with Crippen molar-refractivity contribution >= 4 is 5.78 Å². The number of aliphatic hydroxyl groups excluding tert-OH is 1. The largest absolute Gasteiger partial charge is 0.508 e. The van der Waals surface area contributed by atoms with Crippen LogP contribution in [0.3, 0.4) is 0 Å². The van der Waals surface area contributed by atoms with Crippen LogP contribution in [0, 0.1) is 17.3 Å². The maximum Gasteiger partial charge on any atom is 0.139 e.